The fourth-order valence-corrected chi connectivity index (χ4v) is 3.15. The molecule has 2 rings (SSSR count). The number of halogens is 1. The van der Waals surface area contributed by atoms with Crippen LogP contribution in [0.15, 0.2) is 18.2 Å². The van der Waals surface area contributed by atoms with Crippen molar-refractivity contribution >= 4 is 23.4 Å². The third-order valence-corrected chi connectivity index (χ3v) is 4.73. The first-order chi connectivity index (χ1) is 8.50. The van der Waals surface area contributed by atoms with Gasteiger partial charge >= 0.3 is 0 Å². The Balaban J connectivity index is 2.22. The highest BCUT2D eigenvalue weighted by molar-refractivity contribution is 8.00. The van der Waals surface area contributed by atoms with Crippen molar-refractivity contribution in [1.82, 2.24) is 4.90 Å². The summed E-state index contributed by atoms with van der Waals surface area (Å²) in [5.41, 5.74) is 5.85. The maximum Gasteiger partial charge on any atom is 0.254 e. The lowest BCUT2D eigenvalue weighted by Crippen LogP contribution is -2.47. The second-order valence-corrected chi connectivity index (χ2v) is 6.04. The number of nitrogens with two attached hydrogens (primary N) is 1. The maximum atomic E-state index is 13.4. The van der Waals surface area contributed by atoms with Crippen LogP contribution in [0.1, 0.15) is 24.2 Å². The number of benzene rings is 1. The first-order valence-electron chi connectivity index (χ1n) is 5.98. The van der Waals surface area contributed by atoms with Crippen LogP contribution in [0.2, 0.25) is 0 Å². The summed E-state index contributed by atoms with van der Waals surface area (Å²) in [4.78, 5) is 14.1. The molecular formula is C13H17FN2OS. The molecule has 1 aromatic carbocycles. The maximum absolute atomic E-state index is 13.4. The smallest absolute Gasteiger partial charge is 0.254 e. The SMILES string of the molecule is CC1SCCN(C(=O)c2ccc(N)c(F)c2)C1C. The third-order valence-electron chi connectivity index (χ3n) is 3.39. The monoisotopic (exact) mass is 268 g/mol. The Kier molecular flexibility index (Phi) is 3.80. The number of nitrogen functional groups attached to an aromatic ring is 1. The zero-order valence-corrected chi connectivity index (χ0v) is 11.3. The van der Waals surface area contributed by atoms with Crippen LogP contribution in [0, 0.1) is 5.82 Å². The minimum atomic E-state index is -0.534. The van der Waals surface area contributed by atoms with Gasteiger partial charge in [-0.1, -0.05) is 6.92 Å². The van der Waals surface area contributed by atoms with E-state index in [1.807, 2.05) is 23.6 Å². The molecule has 0 bridgehead atoms. The van der Waals surface area contributed by atoms with Crippen LogP contribution in [-0.4, -0.2) is 34.4 Å². The van der Waals surface area contributed by atoms with Gasteiger partial charge in [-0.3, -0.25) is 4.79 Å². The summed E-state index contributed by atoms with van der Waals surface area (Å²) in [6, 6.07) is 4.41. The topological polar surface area (TPSA) is 46.3 Å². The van der Waals surface area contributed by atoms with Gasteiger partial charge in [-0.2, -0.15) is 11.8 Å². The molecular weight excluding hydrogens is 251 g/mol. The number of hydrogen-bond acceptors (Lipinski definition) is 3. The molecule has 1 saturated heterocycles. The summed E-state index contributed by atoms with van der Waals surface area (Å²) in [6.07, 6.45) is 0. The Hall–Kier alpha value is -1.23. The predicted molar refractivity (Wildman–Crippen MR) is 73.2 cm³/mol. The molecule has 2 N–H and O–H groups in total. The second-order valence-electron chi connectivity index (χ2n) is 4.55. The van der Waals surface area contributed by atoms with Gasteiger partial charge in [0.2, 0.25) is 0 Å². The Morgan fingerprint density at radius 3 is 2.89 bits per heavy atom. The van der Waals surface area contributed by atoms with Crippen molar-refractivity contribution in [2.45, 2.75) is 25.1 Å². The van der Waals surface area contributed by atoms with Crippen molar-refractivity contribution in [3.63, 3.8) is 0 Å². The molecule has 18 heavy (non-hydrogen) atoms. The third kappa shape index (κ3) is 2.46. The normalized spacial score (nSPS) is 24.1. The van der Waals surface area contributed by atoms with Gasteiger partial charge in [0.05, 0.1) is 5.69 Å². The van der Waals surface area contributed by atoms with Gasteiger partial charge in [0, 0.05) is 29.2 Å². The molecule has 0 aliphatic carbocycles. The number of thioether (sulfide) groups is 1. The molecule has 2 atom stereocenters. The molecule has 98 valence electrons. The van der Waals surface area contributed by atoms with Crippen LogP contribution in [0.25, 0.3) is 0 Å². The van der Waals surface area contributed by atoms with Gasteiger partial charge in [-0.05, 0) is 25.1 Å². The van der Waals surface area contributed by atoms with Gasteiger partial charge < -0.3 is 10.6 Å². The summed E-state index contributed by atoms with van der Waals surface area (Å²) in [7, 11) is 0. The van der Waals surface area contributed by atoms with Crippen molar-refractivity contribution in [1.29, 1.82) is 0 Å². The first kappa shape index (κ1) is 13.2. The summed E-state index contributed by atoms with van der Waals surface area (Å²) in [5.74, 6) is 0.274. The second kappa shape index (κ2) is 5.18. The molecule has 0 saturated carbocycles. The average Bonchev–Trinajstić information content (AvgIpc) is 2.35. The van der Waals surface area contributed by atoms with E-state index in [1.165, 1.54) is 12.1 Å². The van der Waals surface area contributed by atoms with Crippen LogP contribution in [0.3, 0.4) is 0 Å². The van der Waals surface area contributed by atoms with Crippen molar-refractivity contribution in [3.8, 4) is 0 Å². The van der Waals surface area contributed by atoms with E-state index in [-0.39, 0.29) is 17.6 Å². The van der Waals surface area contributed by atoms with Gasteiger partial charge in [0.15, 0.2) is 0 Å². The summed E-state index contributed by atoms with van der Waals surface area (Å²) < 4.78 is 13.4. The molecule has 1 aromatic rings. The Bertz CT molecular complexity index is 466. The Morgan fingerprint density at radius 1 is 1.50 bits per heavy atom. The van der Waals surface area contributed by atoms with E-state index in [2.05, 4.69) is 6.92 Å². The van der Waals surface area contributed by atoms with Gasteiger partial charge in [-0.25, -0.2) is 4.39 Å². The number of carbonyl (C=O) groups is 1. The Morgan fingerprint density at radius 2 is 2.22 bits per heavy atom. The number of rotatable bonds is 1. The van der Waals surface area contributed by atoms with Crippen LogP contribution >= 0.6 is 11.8 Å². The number of carbonyl (C=O) groups excluding carboxylic acids is 1. The zero-order valence-electron chi connectivity index (χ0n) is 10.5. The van der Waals surface area contributed by atoms with Crippen molar-refractivity contribution in [3.05, 3.63) is 29.6 Å². The van der Waals surface area contributed by atoms with Crippen LogP contribution in [-0.2, 0) is 0 Å². The number of hydrogen-bond donors (Lipinski definition) is 1. The van der Waals surface area contributed by atoms with E-state index in [1.54, 1.807) is 6.07 Å². The molecule has 0 spiro atoms. The van der Waals surface area contributed by atoms with E-state index < -0.39 is 5.82 Å². The van der Waals surface area contributed by atoms with E-state index in [9.17, 15) is 9.18 Å². The lowest BCUT2D eigenvalue weighted by molar-refractivity contribution is 0.0697. The quantitative estimate of drug-likeness (QED) is 0.795. The van der Waals surface area contributed by atoms with Crippen molar-refractivity contribution < 1.29 is 9.18 Å². The van der Waals surface area contributed by atoms with Crippen molar-refractivity contribution in [2.24, 2.45) is 0 Å². The van der Waals surface area contributed by atoms with E-state index in [4.69, 9.17) is 5.73 Å². The highest BCUT2D eigenvalue weighted by atomic mass is 32.2. The molecule has 0 radical (unpaired) electrons. The highest BCUT2D eigenvalue weighted by Gasteiger charge is 2.29. The van der Waals surface area contributed by atoms with E-state index in [0.717, 1.165) is 5.75 Å². The van der Waals surface area contributed by atoms with Crippen LogP contribution < -0.4 is 5.73 Å². The number of anilines is 1. The zero-order chi connectivity index (χ0) is 13.3. The first-order valence-corrected chi connectivity index (χ1v) is 7.03. The predicted octanol–water partition coefficient (Wildman–Crippen LogP) is 2.37. The van der Waals surface area contributed by atoms with Gasteiger partial charge in [0.1, 0.15) is 5.82 Å². The summed E-state index contributed by atoms with van der Waals surface area (Å²) in [6.45, 7) is 4.85. The largest absolute Gasteiger partial charge is 0.396 e. The minimum Gasteiger partial charge on any atom is -0.396 e. The van der Waals surface area contributed by atoms with Gasteiger partial charge in [-0.15, -0.1) is 0 Å². The minimum absolute atomic E-state index is 0.0715. The molecule has 1 heterocycles. The highest BCUT2D eigenvalue weighted by Crippen LogP contribution is 2.26. The van der Waals surface area contributed by atoms with Gasteiger partial charge in [0.25, 0.3) is 5.91 Å². The molecule has 0 aromatic heterocycles. The summed E-state index contributed by atoms with van der Waals surface area (Å²) in [5, 5.41) is 0.404. The van der Waals surface area contributed by atoms with E-state index >= 15 is 0 Å². The Labute approximate surface area is 111 Å². The molecule has 1 aliphatic rings. The van der Waals surface area contributed by atoms with E-state index in [0.29, 0.717) is 17.4 Å². The fourth-order valence-electron chi connectivity index (χ4n) is 2.05. The summed E-state index contributed by atoms with van der Waals surface area (Å²) >= 11 is 1.86. The number of nitrogens with zero attached hydrogens (tertiary/aromatic N) is 1. The molecule has 1 amide bonds. The molecule has 3 nitrogen and oxygen atoms in total. The average molecular weight is 268 g/mol. The number of amides is 1. The molecule has 2 unspecified atom stereocenters. The van der Waals surface area contributed by atoms with Crippen LogP contribution in [0.5, 0.6) is 0 Å². The molecule has 5 heteroatoms. The molecule has 1 aliphatic heterocycles. The van der Waals surface area contributed by atoms with Crippen LogP contribution in [0.4, 0.5) is 10.1 Å². The lowest BCUT2D eigenvalue weighted by Gasteiger charge is -2.37. The lowest BCUT2D eigenvalue weighted by atomic mass is 10.1. The fraction of sp³-hybridized carbons (Fsp3) is 0.462. The molecule has 1 fully saturated rings. The van der Waals surface area contributed by atoms with Crippen molar-refractivity contribution in [2.75, 3.05) is 18.0 Å². The standard InChI is InChI=1S/C13H17FN2OS/c1-8-9(2)18-6-5-16(8)13(17)10-3-4-12(15)11(14)7-10/h3-4,7-9H,5-6,15H2,1-2H3.